The lowest BCUT2D eigenvalue weighted by molar-refractivity contribution is -0.187. The Hall–Kier alpha value is -0.330. The molecule has 2 atom stereocenters. The van der Waals surface area contributed by atoms with Crippen LogP contribution in [0.5, 0.6) is 0 Å². The molecule has 1 saturated heterocycles. The van der Waals surface area contributed by atoms with Gasteiger partial charge >= 0.3 is 6.18 Å². The van der Waals surface area contributed by atoms with Crippen LogP contribution in [0.4, 0.5) is 13.2 Å². The van der Waals surface area contributed by atoms with Crippen molar-refractivity contribution in [3.8, 4) is 0 Å². The van der Waals surface area contributed by atoms with Crippen molar-refractivity contribution in [2.75, 3.05) is 33.3 Å². The first kappa shape index (κ1) is 13.7. The monoisotopic (exact) mass is 240 g/mol. The molecule has 96 valence electrons. The minimum atomic E-state index is -4.08. The molecule has 1 aliphatic heterocycles. The molecule has 0 spiro atoms. The maximum Gasteiger partial charge on any atom is 0.393 e. The molecule has 2 N–H and O–H groups in total. The molecule has 16 heavy (non-hydrogen) atoms. The Morgan fingerprint density at radius 2 is 2.19 bits per heavy atom. The third-order valence-electron chi connectivity index (χ3n) is 3.03. The van der Waals surface area contributed by atoms with Crippen LogP contribution >= 0.6 is 0 Å². The maximum absolute atomic E-state index is 12.5. The van der Waals surface area contributed by atoms with E-state index in [-0.39, 0.29) is 19.1 Å². The van der Waals surface area contributed by atoms with Crippen molar-refractivity contribution in [1.82, 2.24) is 4.90 Å². The quantitative estimate of drug-likeness (QED) is 0.803. The summed E-state index contributed by atoms with van der Waals surface area (Å²) in [5.74, 6) is -1.20. The topological polar surface area (TPSA) is 38.5 Å². The first-order valence-corrected chi connectivity index (χ1v) is 5.49. The van der Waals surface area contributed by atoms with E-state index in [1.54, 1.807) is 4.90 Å². The summed E-state index contributed by atoms with van der Waals surface area (Å²) in [7, 11) is 1.53. The van der Waals surface area contributed by atoms with Gasteiger partial charge in [0.2, 0.25) is 0 Å². The summed E-state index contributed by atoms with van der Waals surface area (Å²) in [6.45, 7) is 1.60. The lowest BCUT2D eigenvalue weighted by Gasteiger charge is -2.35. The number of piperidine rings is 1. The molecule has 0 radical (unpaired) electrons. The van der Waals surface area contributed by atoms with Crippen LogP contribution in [0.2, 0.25) is 0 Å². The van der Waals surface area contributed by atoms with Gasteiger partial charge < -0.3 is 15.4 Å². The number of hydrogen-bond donors (Lipinski definition) is 1. The van der Waals surface area contributed by atoms with E-state index >= 15 is 0 Å². The van der Waals surface area contributed by atoms with Crippen LogP contribution in [0.15, 0.2) is 0 Å². The third kappa shape index (κ3) is 3.92. The predicted molar refractivity (Wildman–Crippen MR) is 55.1 cm³/mol. The van der Waals surface area contributed by atoms with Crippen molar-refractivity contribution in [3.05, 3.63) is 0 Å². The first-order valence-electron chi connectivity index (χ1n) is 5.49. The van der Waals surface area contributed by atoms with Gasteiger partial charge in [0.15, 0.2) is 0 Å². The highest BCUT2D eigenvalue weighted by molar-refractivity contribution is 4.79. The number of nitrogens with two attached hydrogens (primary N) is 1. The number of hydrogen-bond acceptors (Lipinski definition) is 3. The van der Waals surface area contributed by atoms with E-state index in [2.05, 4.69) is 0 Å². The normalized spacial score (nSPS) is 25.7. The molecule has 2 unspecified atom stereocenters. The summed E-state index contributed by atoms with van der Waals surface area (Å²) >= 11 is 0. The van der Waals surface area contributed by atoms with E-state index < -0.39 is 12.1 Å². The third-order valence-corrected chi connectivity index (χ3v) is 3.03. The van der Waals surface area contributed by atoms with Crippen LogP contribution in [0, 0.1) is 5.92 Å². The summed E-state index contributed by atoms with van der Waals surface area (Å²) in [6, 6.07) is 0. The molecule has 0 aromatic rings. The Labute approximate surface area is 93.7 Å². The molecule has 3 nitrogen and oxygen atoms in total. The van der Waals surface area contributed by atoms with Gasteiger partial charge in [-0.15, -0.1) is 0 Å². The van der Waals surface area contributed by atoms with Crippen LogP contribution in [0.3, 0.4) is 0 Å². The Bertz CT molecular complexity index is 207. The van der Waals surface area contributed by atoms with Gasteiger partial charge in [0.05, 0.1) is 12.0 Å². The Morgan fingerprint density at radius 1 is 1.50 bits per heavy atom. The Balaban J connectivity index is 2.44. The van der Waals surface area contributed by atoms with Gasteiger partial charge in [0, 0.05) is 26.7 Å². The minimum Gasteiger partial charge on any atom is -0.379 e. The Kier molecular flexibility index (Phi) is 5.01. The first-order chi connectivity index (χ1) is 7.47. The van der Waals surface area contributed by atoms with Crippen LogP contribution in [-0.4, -0.2) is 50.5 Å². The highest BCUT2D eigenvalue weighted by atomic mass is 19.4. The second-order valence-electron chi connectivity index (χ2n) is 4.23. The van der Waals surface area contributed by atoms with E-state index in [9.17, 15) is 13.2 Å². The molecule has 6 heteroatoms. The summed E-state index contributed by atoms with van der Waals surface area (Å²) in [4.78, 5) is 1.79. The van der Waals surface area contributed by atoms with Crippen molar-refractivity contribution in [3.63, 3.8) is 0 Å². The van der Waals surface area contributed by atoms with E-state index in [0.717, 1.165) is 0 Å². The molecule has 1 aliphatic rings. The van der Waals surface area contributed by atoms with Crippen LogP contribution in [0.1, 0.15) is 12.8 Å². The number of alkyl halides is 3. The zero-order chi connectivity index (χ0) is 12.2. The highest BCUT2D eigenvalue weighted by Gasteiger charge is 2.41. The van der Waals surface area contributed by atoms with E-state index in [4.69, 9.17) is 10.5 Å². The molecule has 0 amide bonds. The number of ether oxygens (including phenoxy) is 1. The predicted octanol–water partition coefficient (Wildman–Crippen LogP) is 1.23. The lowest BCUT2D eigenvalue weighted by atomic mass is 9.97. The molecule has 0 bridgehead atoms. The molecule has 1 rings (SSSR count). The average Bonchev–Trinajstić information content (AvgIpc) is 2.25. The molecule has 0 aromatic carbocycles. The van der Waals surface area contributed by atoms with Gasteiger partial charge in [-0.2, -0.15) is 13.2 Å². The number of halogens is 3. The number of methoxy groups -OCH3 is 1. The number of rotatable bonds is 4. The molecule has 0 aromatic heterocycles. The van der Waals surface area contributed by atoms with Gasteiger partial charge in [-0.05, 0) is 19.4 Å². The molecule has 1 heterocycles. The fourth-order valence-corrected chi connectivity index (χ4v) is 2.02. The Morgan fingerprint density at radius 3 is 2.69 bits per heavy atom. The molecule has 0 saturated carbocycles. The van der Waals surface area contributed by atoms with Crippen LogP contribution in [0.25, 0.3) is 0 Å². The van der Waals surface area contributed by atoms with E-state index in [0.29, 0.717) is 26.1 Å². The maximum atomic E-state index is 12.5. The summed E-state index contributed by atoms with van der Waals surface area (Å²) in [6.07, 6.45) is -3.43. The highest BCUT2D eigenvalue weighted by Crippen LogP contribution is 2.33. The van der Waals surface area contributed by atoms with Crippen molar-refractivity contribution >= 4 is 0 Å². The van der Waals surface area contributed by atoms with Crippen LogP contribution in [-0.2, 0) is 4.74 Å². The second kappa shape index (κ2) is 5.84. The summed E-state index contributed by atoms with van der Waals surface area (Å²) < 4.78 is 42.7. The van der Waals surface area contributed by atoms with Gasteiger partial charge in [-0.3, -0.25) is 0 Å². The largest absolute Gasteiger partial charge is 0.393 e. The second-order valence-corrected chi connectivity index (χ2v) is 4.23. The molecule has 1 fully saturated rings. The summed E-state index contributed by atoms with van der Waals surface area (Å²) in [5, 5.41) is 0. The van der Waals surface area contributed by atoms with E-state index in [1.165, 1.54) is 7.11 Å². The zero-order valence-corrected chi connectivity index (χ0v) is 9.46. The van der Waals surface area contributed by atoms with Gasteiger partial charge in [0.25, 0.3) is 0 Å². The fourth-order valence-electron chi connectivity index (χ4n) is 2.02. The minimum absolute atomic E-state index is 0.0728. The smallest absolute Gasteiger partial charge is 0.379 e. The standard InChI is InChI=1S/C10H19F3N2O/c1-16-9(5-14)7-15-4-2-3-8(6-15)10(11,12)13/h8-9H,2-7,14H2,1H3. The van der Waals surface area contributed by atoms with E-state index in [1.807, 2.05) is 0 Å². The lowest BCUT2D eigenvalue weighted by Crippen LogP contribution is -2.46. The SMILES string of the molecule is COC(CN)CN1CCCC(C(F)(F)F)C1. The van der Waals surface area contributed by atoms with Gasteiger partial charge in [-0.25, -0.2) is 0 Å². The molecule has 0 aliphatic carbocycles. The van der Waals surface area contributed by atoms with Crippen molar-refractivity contribution in [2.45, 2.75) is 25.1 Å². The molecular formula is C10H19F3N2O. The average molecular weight is 240 g/mol. The number of likely N-dealkylation sites (tertiary alicyclic amines) is 1. The number of nitrogens with zero attached hydrogens (tertiary/aromatic N) is 1. The van der Waals surface area contributed by atoms with Crippen molar-refractivity contribution < 1.29 is 17.9 Å². The fraction of sp³-hybridized carbons (Fsp3) is 1.00. The van der Waals surface area contributed by atoms with Crippen molar-refractivity contribution in [1.29, 1.82) is 0 Å². The van der Waals surface area contributed by atoms with Crippen molar-refractivity contribution in [2.24, 2.45) is 11.7 Å². The zero-order valence-electron chi connectivity index (χ0n) is 9.46. The van der Waals surface area contributed by atoms with Gasteiger partial charge in [-0.1, -0.05) is 0 Å². The molecular weight excluding hydrogens is 221 g/mol. The summed E-state index contributed by atoms with van der Waals surface area (Å²) in [5.41, 5.74) is 5.45. The van der Waals surface area contributed by atoms with Gasteiger partial charge in [0.1, 0.15) is 0 Å². The van der Waals surface area contributed by atoms with Crippen LogP contribution < -0.4 is 5.73 Å².